The van der Waals surface area contributed by atoms with E-state index >= 15 is 0 Å². The summed E-state index contributed by atoms with van der Waals surface area (Å²) in [4.78, 5) is 23.5. The van der Waals surface area contributed by atoms with Crippen molar-refractivity contribution in [2.45, 2.75) is 26.9 Å². The van der Waals surface area contributed by atoms with E-state index in [0.29, 0.717) is 18.7 Å². The highest BCUT2D eigenvalue weighted by atomic mass is 32.1. The van der Waals surface area contributed by atoms with Crippen molar-refractivity contribution >= 4 is 23.2 Å². The lowest BCUT2D eigenvalue weighted by Gasteiger charge is -2.11. The second-order valence-corrected chi connectivity index (χ2v) is 7.11. The average Bonchev–Trinajstić information content (AvgIpc) is 3.02. The zero-order valence-electron chi connectivity index (χ0n) is 15.2. The van der Waals surface area contributed by atoms with Crippen LogP contribution >= 0.6 is 11.3 Å². The molecule has 0 saturated carbocycles. The van der Waals surface area contributed by atoms with Crippen molar-refractivity contribution in [3.63, 3.8) is 0 Å². The number of amides is 1. The van der Waals surface area contributed by atoms with Crippen LogP contribution in [0.2, 0.25) is 0 Å². The van der Waals surface area contributed by atoms with Crippen LogP contribution in [-0.4, -0.2) is 42.4 Å². The third kappa shape index (κ3) is 5.86. The number of carbonyl (C=O) groups excluding carboxylic acids is 1. The minimum absolute atomic E-state index is 0.00454. The second kappa shape index (κ2) is 9.17. The minimum atomic E-state index is 0.00454. The Balaban J connectivity index is 1.96. The second-order valence-electron chi connectivity index (χ2n) is 5.79. The van der Waals surface area contributed by atoms with E-state index in [-0.39, 0.29) is 5.91 Å². The van der Waals surface area contributed by atoms with Gasteiger partial charge in [-0.1, -0.05) is 12.1 Å². The van der Waals surface area contributed by atoms with E-state index < -0.39 is 0 Å². The fraction of sp³-hybridized carbons (Fsp3) is 0.389. The van der Waals surface area contributed by atoms with Crippen molar-refractivity contribution in [3.05, 3.63) is 51.5 Å². The van der Waals surface area contributed by atoms with Crippen molar-refractivity contribution in [2.24, 2.45) is 4.99 Å². The number of guanidine groups is 1. The quantitative estimate of drug-likeness (QED) is 0.614. The van der Waals surface area contributed by atoms with Gasteiger partial charge in [-0.05, 0) is 31.5 Å². The Morgan fingerprint density at radius 3 is 2.52 bits per heavy atom. The molecule has 6 nitrogen and oxygen atoms in total. The molecular formula is C18H25N5OS. The lowest BCUT2D eigenvalue weighted by Crippen LogP contribution is -2.36. The smallest absolute Gasteiger partial charge is 0.253 e. The number of thiazole rings is 1. The fourth-order valence-corrected chi connectivity index (χ4v) is 2.92. The Hall–Kier alpha value is -2.41. The highest BCUT2D eigenvalue weighted by Gasteiger charge is 2.07. The lowest BCUT2D eigenvalue weighted by atomic mass is 10.1. The van der Waals surface area contributed by atoms with E-state index in [1.54, 1.807) is 30.3 Å². The molecule has 1 aromatic heterocycles. The Labute approximate surface area is 153 Å². The SMILES string of the molecule is CCNC(=NCc1ccc(C(=O)N(C)C)cc1)NCc1cnc(C)s1. The summed E-state index contributed by atoms with van der Waals surface area (Å²) in [7, 11) is 3.50. The van der Waals surface area contributed by atoms with Crippen LogP contribution in [0.5, 0.6) is 0 Å². The zero-order chi connectivity index (χ0) is 18.2. The molecule has 0 aliphatic rings. The van der Waals surface area contributed by atoms with E-state index in [9.17, 15) is 4.79 Å². The number of hydrogen-bond acceptors (Lipinski definition) is 4. The van der Waals surface area contributed by atoms with Crippen molar-refractivity contribution in [1.29, 1.82) is 0 Å². The van der Waals surface area contributed by atoms with Gasteiger partial charge in [0.05, 0.1) is 18.1 Å². The van der Waals surface area contributed by atoms with E-state index in [1.807, 2.05) is 44.3 Å². The molecular weight excluding hydrogens is 334 g/mol. The highest BCUT2D eigenvalue weighted by Crippen LogP contribution is 2.11. The van der Waals surface area contributed by atoms with Gasteiger partial charge in [-0.25, -0.2) is 9.98 Å². The number of benzene rings is 1. The topological polar surface area (TPSA) is 69.6 Å². The van der Waals surface area contributed by atoms with Crippen LogP contribution in [0.3, 0.4) is 0 Å². The number of hydrogen-bond donors (Lipinski definition) is 2. The number of rotatable bonds is 6. The molecule has 134 valence electrons. The summed E-state index contributed by atoms with van der Waals surface area (Å²) in [6.45, 7) is 6.08. The van der Waals surface area contributed by atoms with Crippen LogP contribution < -0.4 is 10.6 Å². The molecule has 0 radical (unpaired) electrons. The van der Waals surface area contributed by atoms with E-state index in [1.165, 1.54) is 4.88 Å². The minimum Gasteiger partial charge on any atom is -0.357 e. The fourth-order valence-electron chi connectivity index (χ4n) is 2.18. The third-order valence-corrected chi connectivity index (χ3v) is 4.38. The van der Waals surface area contributed by atoms with E-state index in [4.69, 9.17) is 0 Å². The first-order valence-corrected chi connectivity index (χ1v) is 9.05. The maximum absolute atomic E-state index is 11.9. The normalized spacial score (nSPS) is 11.3. The largest absolute Gasteiger partial charge is 0.357 e. The van der Waals surface area contributed by atoms with Crippen molar-refractivity contribution in [1.82, 2.24) is 20.5 Å². The summed E-state index contributed by atoms with van der Waals surface area (Å²) >= 11 is 1.68. The van der Waals surface area contributed by atoms with Gasteiger partial charge in [0.25, 0.3) is 5.91 Å². The standard InChI is InChI=1S/C18H25N5OS/c1-5-19-18(22-12-16-11-20-13(2)25-16)21-10-14-6-8-15(9-7-14)17(24)23(3)4/h6-9,11H,5,10,12H2,1-4H3,(H2,19,21,22). The Kier molecular flexibility index (Phi) is 6.94. The van der Waals surface area contributed by atoms with Crippen molar-refractivity contribution in [3.8, 4) is 0 Å². The molecule has 0 aliphatic heterocycles. The monoisotopic (exact) mass is 359 g/mol. The molecule has 0 atom stereocenters. The molecule has 0 unspecified atom stereocenters. The lowest BCUT2D eigenvalue weighted by molar-refractivity contribution is 0.0827. The molecule has 2 aromatic rings. The van der Waals surface area contributed by atoms with Crippen molar-refractivity contribution in [2.75, 3.05) is 20.6 Å². The van der Waals surface area contributed by atoms with Crippen LogP contribution in [-0.2, 0) is 13.1 Å². The third-order valence-electron chi connectivity index (χ3n) is 3.47. The predicted octanol–water partition coefficient (Wildman–Crippen LogP) is 2.41. The van der Waals surface area contributed by atoms with Gasteiger partial charge < -0.3 is 15.5 Å². The van der Waals surface area contributed by atoms with Gasteiger partial charge in [0.2, 0.25) is 0 Å². The highest BCUT2D eigenvalue weighted by molar-refractivity contribution is 7.11. The number of aryl methyl sites for hydroxylation is 1. The van der Waals surface area contributed by atoms with Gasteiger partial charge in [-0.3, -0.25) is 4.79 Å². The summed E-state index contributed by atoms with van der Waals surface area (Å²) in [5.74, 6) is 0.770. The predicted molar refractivity (Wildman–Crippen MR) is 103 cm³/mol. The number of carbonyl (C=O) groups is 1. The maximum Gasteiger partial charge on any atom is 0.253 e. The van der Waals surface area contributed by atoms with Gasteiger partial charge in [-0.15, -0.1) is 11.3 Å². The zero-order valence-corrected chi connectivity index (χ0v) is 16.0. The number of nitrogens with zero attached hydrogens (tertiary/aromatic N) is 3. The molecule has 0 saturated heterocycles. The molecule has 0 fully saturated rings. The Morgan fingerprint density at radius 2 is 1.96 bits per heavy atom. The van der Waals surface area contributed by atoms with Crippen LogP contribution in [0.25, 0.3) is 0 Å². The Morgan fingerprint density at radius 1 is 1.24 bits per heavy atom. The number of aromatic nitrogens is 1. The first kappa shape index (κ1) is 18.9. The maximum atomic E-state index is 11.9. The molecule has 7 heteroatoms. The average molecular weight is 359 g/mol. The molecule has 2 N–H and O–H groups in total. The molecule has 25 heavy (non-hydrogen) atoms. The first-order chi connectivity index (χ1) is 12.0. The van der Waals surface area contributed by atoms with Gasteiger partial charge >= 0.3 is 0 Å². The molecule has 0 spiro atoms. The molecule has 1 amide bonds. The Bertz CT molecular complexity index is 721. The number of nitrogens with one attached hydrogen (secondary N) is 2. The summed E-state index contributed by atoms with van der Waals surface area (Å²) in [5, 5.41) is 7.61. The summed E-state index contributed by atoms with van der Waals surface area (Å²) < 4.78 is 0. The first-order valence-electron chi connectivity index (χ1n) is 8.23. The van der Waals surface area contributed by atoms with Gasteiger partial charge in [-0.2, -0.15) is 0 Å². The van der Waals surface area contributed by atoms with Gasteiger partial charge in [0.1, 0.15) is 0 Å². The van der Waals surface area contributed by atoms with E-state index in [2.05, 4.69) is 20.6 Å². The number of aliphatic imine (C=N–C) groups is 1. The molecule has 2 rings (SSSR count). The summed E-state index contributed by atoms with van der Waals surface area (Å²) in [6.07, 6.45) is 1.89. The van der Waals surface area contributed by atoms with E-state index in [0.717, 1.165) is 23.1 Å². The van der Waals surface area contributed by atoms with Gasteiger partial charge in [0, 0.05) is 37.3 Å². The van der Waals surface area contributed by atoms with Crippen LogP contribution in [0.1, 0.15) is 32.7 Å². The molecule has 0 aliphatic carbocycles. The van der Waals surface area contributed by atoms with Crippen LogP contribution in [0.4, 0.5) is 0 Å². The molecule has 1 heterocycles. The van der Waals surface area contributed by atoms with Crippen molar-refractivity contribution < 1.29 is 4.79 Å². The summed E-state index contributed by atoms with van der Waals surface area (Å²) in [5.41, 5.74) is 1.74. The van der Waals surface area contributed by atoms with Gasteiger partial charge in [0.15, 0.2) is 5.96 Å². The van der Waals surface area contributed by atoms with Crippen LogP contribution in [0, 0.1) is 6.92 Å². The molecule has 1 aromatic carbocycles. The molecule has 0 bridgehead atoms. The van der Waals surface area contributed by atoms with Crippen LogP contribution in [0.15, 0.2) is 35.5 Å². The summed E-state index contributed by atoms with van der Waals surface area (Å²) in [6, 6.07) is 7.56.